The predicted octanol–water partition coefficient (Wildman–Crippen LogP) is 0.173. The van der Waals surface area contributed by atoms with E-state index in [2.05, 4.69) is 0 Å². The maximum Gasteiger partial charge on any atom is 0.326 e. The van der Waals surface area contributed by atoms with E-state index in [0.717, 1.165) is 0 Å². The number of carbonyl (C=O) groups excluding carboxylic acids is 1. The minimum absolute atomic E-state index is 0.140. The Kier molecular flexibility index (Phi) is 3.87. The third-order valence-corrected chi connectivity index (χ3v) is 2.76. The summed E-state index contributed by atoms with van der Waals surface area (Å²) in [6.45, 7) is 1.84. The molecule has 0 aliphatic carbocycles. The van der Waals surface area contributed by atoms with E-state index in [1.807, 2.05) is 0 Å². The van der Waals surface area contributed by atoms with Gasteiger partial charge in [-0.3, -0.25) is 9.59 Å². The molecule has 0 bridgehead atoms. The van der Waals surface area contributed by atoms with Crippen molar-refractivity contribution in [3.63, 3.8) is 0 Å². The quantitative estimate of drug-likeness (QED) is 0.716. The Morgan fingerprint density at radius 2 is 2.00 bits per heavy atom. The smallest absolute Gasteiger partial charge is 0.326 e. The molecule has 6 nitrogen and oxygen atoms in total. The summed E-state index contributed by atoms with van der Waals surface area (Å²) in [6.07, 6.45) is 0.964. The van der Waals surface area contributed by atoms with Crippen LogP contribution >= 0.6 is 0 Å². The zero-order chi connectivity index (χ0) is 12.3. The molecule has 0 aromatic heterocycles. The van der Waals surface area contributed by atoms with E-state index in [1.165, 1.54) is 11.8 Å². The molecule has 1 heterocycles. The Hall–Kier alpha value is -1.59. The SMILES string of the molecule is CC(CC(=O)N1CCC[C@H]1C(=O)O)C(=O)O. The standard InChI is InChI=1S/C10H15NO5/c1-6(9(13)14)5-8(12)11-4-2-3-7(11)10(15)16/h6-7H,2-5H2,1H3,(H,13,14)(H,15,16)/t6?,7-/m0/s1. The summed E-state index contributed by atoms with van der Waals surface area (Å²) in [5, 5.41) is 17.5. The lowest BCUT2D eigenvalue weighted by Gasteiger charge is -2.22. The summed E-state index contributed by atoms with van der Waals surface area (Å²) in [5.41, 5.74) is 0. The van der Waals surface area contributed by atoms with E-state index >= 15 is 0 Å². The molecule has 90 valence electrons. The number of carboxylic acid groups (broad SMARTS) is 2. The molecule has 1 saturated heterocycles. The van der Waals surface area contributed by atoms with Crippen molar-refractivity contribution in [1.82, 2.24) is 4.90 Å². The maximum absolute atomic E-state index is 11.7. The molecule has 0 saturated carbocycles. The molecule has 0 spiro atoms. The van der Waals surface area contributed by atoms with Crippen molar-refractivity contribution < 1.29 is 24.6 Å². The van der Waals surface area contributed by atoms with Crippen molar-refractivity contribution in [2.75, 3.05) is 6.54 Å². The normalized spacial score (nSPS) is 21.8. The molecule has 2 N–H and O–H groups in total. The van der Waals surface area contributed by atoms with Crippen LogP contribution in [0.5, 0.6) is 0 Å². The summed E-state index contributed by atoms with van der Waals surface area (Å²) in [7, 11) is 0. The van der Waals surface area contributed by atoms with Gasteiger partial charge in [0.2, 0.25) is 5.91 Å². The van der Waals surface area contributed by atoms with Crippen LogP contribution < -0.4 is 0 Å². The summed E-state index contributed by atoms with van der Waals surface area (Å²) in [4.78, 5) is 34.3. The summed E-state index contributed by atoms with van der Waals surface area (Å²) in [6, 6.07) is -0.784. The number of rotatable bonds is 4. The predicted molar refractivity (Wildman–Crippen MR) is 53.8 cm³/mol. The molecular weight excluding hydrogens is 214 g/mol. The van der Waals surface area contributed by atoms with Crippen LogP contribution in [0.15, 0.2) is 0 Å². The number of carbonyl (C=O) groups is 3. The van der Waals surface area contributed by atoms with Gasteiger partial charge in [0.1, 0.15) is 6.04 Å². The maximum atomic E-state index is 11.7. The number of carboxylic acids is 2. The lowest BCUT2D eigenvalue weighted by Crippen LogP contribution is -2.41. The zero-order valence-corrected chi connectivity index (χ0v) is 9.05. The fourth-order valence-electron chi connectivity index (χ4n) is 1.79. The fraction of sp³-hybridized carbons (Fsp3) is 0.700. The Morgan fingerprint density at radius 1 is 1.38 bits per heavy atom. The molecule has 1 rings (SSSR count). The third kappa shape index (κ3) is 2.71. The van der Waals surface area contributed by atoms with Crippen LogP contribution in [-0.2, 0) is 14.4 Å². The number of amides is 1. The van der Waals surface area contributed by atoms with Crippen LogP contribution in [-0.4, -0.2) is 45.5 Å². The van der Waals surface area contributed by atoms with Gasteiger partial charge in [0, 0.05) is 13.0 Å². The lowest BCUT2D eigenvalue weighted by molar-refractivity contribution is -0.150. The van der Waals surface area contributed by atoms with Gasteiger partial charge < -0.3 is 15.1 Å². The molecule has 0 radical (unpaired) electrons. The highest BCUT2D eigenvalue weighted by Gasteiger charge is 2.34. The van der Waals surface area contributed by atoms with Gasteiger partial charge in [-0.15, -0.1) is 0 Å². The number of hydrogen-bond donors (Lipinski definition) is 2. The van der Waals surface area contributed by atoms with Crippen LogP contribution in [0.3, 0.4) is 0 Å². The number of hydrogen-bond acceptors (Lipinski definition) is 3. The van der Waals surface area contributed by atoms with Crippen molar-refractivity contribution in [3.8, 4) is 0 Å². The van der Waals surface area contributed by atoms with E-state index in [-0.39, 0.29) is 12.3 Å². The number of likely N-dealkylation sites (tertiary alicyclic amines) is 1. The second kappa shape index (κ2) is 4.96. The minimum Gasteiger partial charge on any atom is -0.481 e. The van der Waals surface area contributed by atoms with Crippen LogP contribution in [0.4, 0.5) is 0 Å². The second-order valence-electron chi connectivity index (χ2n) is 4.03. The van der Waals surface area contributed by atoms with Gasteiger partial charge in [-0.05, 0) is 12.8 Å². The van der Waals surface area contributed by atoms with E-state index in [0.29, 0.717) is 19.4 Å². The van der Waals surface area contributed by atoms with E-state index in [9.17, 15) is 14.4 Å². The summed E-state index contributed by atoms with van der Waals surface area (Å²) >= 11 is 0. The highest BCUT2D eigenvalue weighted by molar-refractivity contribution is 5.86. The van der Waals surface area contributed by atoms with Crippen molar-refractivity contribution in [3.05, 3.63) is 0 Å². The van der Waals surface area contributed by atoms with Gasteiger partial charge in [-0.2, -0.15) is 0 Å². The highest BCUT2D eigenvalue weighted by Crippen LogP contribution is 2.19. The van der Waals surface area contributed by atoms with E-state index in [1.54, 1.807) is 0 Å². The summed E-state index contributed by atoms with van der Waals surface area (Å²) < 4.78 is 0. The Morgan fingerprint density at radius 3 is 2.50 bits per heavy atom. The first kappa shape index (κ1) is 12.5. The molecular formula is C10H15NO5. The zero-order valence-electron chi connectivity index (χ0n) is 9.05. The molecule has 1 unspecified atom stereocenters. The first-order chi connectivity index (χ1) is 7.43. The van der Waals surface area contributed by atoms with Gasteiger partial charge in [0.15, 0.2) is 0 Å². The Bertz CT molecular complexity index is 314. The van der Waals surface area contributed by atoms with Crippen LogP contribution in [0, 0.1) is 5.92 Å². The molecule has 6 heteroatoms. The van der Waals surface area contributed by atoms with Crippen LogP contribution in [0.2, 0.25) is 0 Å². The molecule has 2 atom stereocenters. The van der Waals surface area contributed by atoms with Crippen molar-refractivity contribution in [2.45, 2.75) is 32.2 Å². The number of nitrogens with zero attached hydrogens (tertiary/aromatic N) is 1. The van der Waals surface area contributed by atoms with Crippen molar-refractivity contribution in [1.29, 1.82) is 0 Å². The summed E-state index contributed by atoms with van der Waals surface area (Å²) in [5.74, 6) is -3.23. The monoisotopic (exact) mass is 229 g/mol. The molecule has 0 aromatic rings. The van der Waals surface area contributed by atoms with Gasteiger partial charge in [0.05, 0.1) is 5.92 Å². The number of aliphatic carboxylic acids is 2. The van der Waals surface area contributed by atoms with Gasteiger partial charge >= 0.3 is 11.9 Å². The molecule has 0 aromatic carbocycles. The topological polar surface area (TPSA) is 94.9 Å². The molecule has 1 amide bonds. The van der Waals surface area contributed by atoms with Crippen LogP contribution in [0.1, 0.15) is 26.2 Å². The largest absolute Gasteiger partial charge is 0.481 e. The molecule has 1 aliphatic heterocycles. The van der Waals surface area contributed by atoms with E-state index < -0.39 is 23.9 Å². The lowest BCUT2D eigenvalue weighted by atomic mass is 10.1. The van der Waals surface area contributed by atoms with Gasteiger partial charge in [-0.25, -0.2) is 4.79 Å². The highest BCUT2D eigenvalue weighted by atomic mass is 16.4. The Labute approximate surface area is 92.9 Å². The third-order valence-electron chi connectivity index (χ3n) is 2.76. The van der Waals surface area contributed by atoms with Gasteiger partial charge in [-0.1, -0.05) is 6.92 Å². The molecule has 1 aliphatic rings. The van der Waals surface area contributed by atoms with Crippen molar-refractivity contribution in [2.24, 2.45) is 5.92 Å². The molecule has 16 heavy (non-hydrogen) atoms. The van der Waals surface area contributed by atoms with Crippen LogP contribution in [0.25, 0.3) is 0 Å². The Balaban J connectivity index is 2.60. The second-order valence-corrected chi connectivity index (χ2v) is 4.03. The van der Waals surface area contributed by atoms with Crippen molar-refractivity contribution >= 4 is 17.8 Å². The van der Waals surface area contributed by atoms with E-state index in [4.69, 9.17) is 10.2 Å². The molecule has 1 fully saturated rings. The minimum atomic E-state index is -1.04. The first-order valence-corrected chi connectivity index (χ1v) is 5.18. The fourth-order valence-corrected chi connectivity index (χ4v) is 1.79. The van der Waals surface area contributed by atoms with Gasteiger partial charge in [0.25, 0.3) is 0 Å². The average molecular weight is 229 g/mol. The average Bonchev–Trinajstić information content (AvgIpc) is 2.65. The first-order valence-electron chi connectivity index (χ1n) is 5.18.